The zero-order valence-electron chi connectivity index (χ0n) is 24.7. The van der Waals surface area contributed by atoms with E-state index in [1.54, 1.807) is 6.33 Å². The fourth-order valence-corrected chi connectivity index (χ4v) is 7.11. The number of nitrogens with zero attached hydrogens (tertiary/aromatic N) is 4. The van der Waals surface area contributed by atoms with Gasteiger partial charge in [0.1, 0.15) is 6.33 Å². The number of likely N-dealkylation sites (tertiary alicyclic amines) is 1. The lowest BCUT2D eigenvalue weighted by atomic mass is 9.78. The van der Waals surface area contributed by atoms with Crippen molar-refractivity contribution in [3.05, 3.63) is 53.5 Å². The van der Waals surface area contributed by atoms with Crippen LogP contribution >= 0.6 is 0 Å². The maximum absolute atomic E-state index is 13.1. The Hall–Kier alpha value is -3.19. The number of H-pyrrole nitrogens is 1. The van der Waals surface area contributed by atoms with E-state index in [1.165, 1.54) is 27.7 Å². The van der Waals surface area contributed by atoms with E-state index in [-0.39, 0.29) is 11.8 Å². The standard InChI is InChI=1S/C33H44N6O/c1-20(2)30-28-17-25(10-11-29(28)37-31(30)26-16-22(5)32-34-19-35-39(32)18-26)23-6-8-24(9-7-23)33(40)36-27-12-14-38(15-13-27)21(3)4/h10-11,16-21,23-24,27,37H,6-9,12-15H2,1-5H3,(H,36,40). The molecule has 6 rings (SSSR count). The van der Waals surface area contributed by atoms with Gasteiger partial charge in [0.2, 0.25) is 5.91 Å². The predicted octanol–water partition coefficient (Wildman–Crippen LogP) is 6.57. The molecule has 4 heterocycles. The van der Waals surface area contributed by atoms with Crippen molar-refractivity contribution < 1.29 is 4.79 Å². The Morgan fingerprint density at radius 1 is 1.02 bits per heavy atom. The number of hydrogen-bond acceptors (Lipinski definition) is 4. The topological polar surface area (TPSA) is 78.3 Å². The van der Waals surface area contributed by atoms with E-state index in [1.807, 2.05) is 4.52 Å². The number of carbonyl (C=O) groups is 1. The number of pyridine rings is 1. The van der Waals surface area contributed by atoms with Crippen LogP contribution in [0.1, 0.15) is 94.7 Å². The third kappa shape index (κ3) is 5.16. The van der Waals surface area contributed by atoms with Crippen LogP contribution in [0.5, 0.6) is 0 Å². The van der Waals surface area contributed by atoms with Gasteiger partial charge in [0, 0.05) is 53.8 Å². The van der Waals surface area contributed by atoms with Crippen LogP contribution in [0.4, 0.5) is 0 Å². The Kier molecular flexibility index (Phi) is 7.43. The third-order valence-electron chi connectivity index (χ3n) is 9.46. The van der Waals surface area contributed by atoms with E-state index in [0.717, 1.165) is 68.4 Å². The molecule has 1 amide bonds. The number of rotatable bonds is 6. The van der Waals surface area contributed by atoms with Gasteiger partial charge in [0.15, 0.2) is 5.65 Å². The summed E-state index contributed by atoms with van der Waals surface area (Å²) in [4.78, 5) is 23.7. The van der Waals surface area contributed by atoms with Crippen LogP contribution in [0.25, 0.3) is 27.8 Å². The maximum Gasteiger partial charge on any atom is 0.223 e. The first-order valence-electron chi connectivity index (χ1n) is 15.3. The molecular formula is C33H44N6O. The zero-order chi connectivity index (χ0) is 28.0. The van der Waals surface area contributed by atoms with Gasteiger partial charge in [-0.1, -0.05) is 19.9 Å². The molecule has 1 aromatic carbocycles. The fourth-order valence-electron chi connectivity index (χ4n) is 7.11. The Bertz CT molecular complexity index is 1500. The SMILES string of the molecule is Cc1cc(-c2[nH]c3ccc(C4CCC(C(=O)NC5CCN(C(C)C)CC5)CC4)cc3c2C(C)C)cn2ncnc12. The van der Waals surface area contributed by atoms with Gasteiger partial charge in [-0.15, -0.1) is 0 Å². The summed E-state index contributed by atoms with van der Waals surface area (Å²) in [6, 6.07) is 10.1. The molecule has 1 saturated carbocycles. The summed E-state index contributed by atoms with van der Waals surface area (Å²) < 4.78 is 1.87. The Morgan fingerprint density at radius 2 is 1.77 bits per heavy atom. The fraction of sp³-hybridized carbons (Fsp3) is 0.545. The molecule has 0 atom stereocenters. The molecular weight excluding hydrogens is 496 g/mol. The molecule has 7 nitrogen and oxygen atoms in total. The molecule has 7 heteroatoms. The molecule has 0 bridgehead atoms. The van der Waals surface area contributed by atoms with Gasteiger partial charge in [-0.25, -0.2) is 9.50 Å². The Morgan fingerprint density at radius 3 is 2.48 bits per heavy atom. The second-order valence-corrected chi connectivity index (χ2v) is 12.8. The van der Waals surface area contributed by atoms with Gasteiger partial charge in [-0.2, -0.15) is 5.10 Å². The third-order valence-corrected chi connectivity index (χ3v) is 9.46. The minimum absolute atomic E-state index is 0.156. The van der Waals surface area contributed by atoms with E-state index in [9.17, 15) is 4.79 Å². The minimum Gasteiger partial charge on any atom is -0.354 e. The maximum atomic E-state index is 13.1. The van der Waals surface area contributed by atoms with E-state index in [0.29, 0.717) is 23.9 Å². The van der Waals surface area contributed by atoms with Crippen LogP contribution in [-0.2, 0) is 4.79 Å². The Balaban J connectivity index is 1.16. The summed E-state index contributed by atoms with van der Waals surface area (Å²) >= 11 is 0. The molecule has 1 saturated heterocycles. The summed E-state index contributed by atoms with van der Waals surface area (Å²) in [5.41, 5.74) is 8.26. The molecule has 0 radical (unpaired) electrons. The lowest BCUT2D eigenvalue weighted by Crippen LogP contribution is -2.48. The number of benzene rings is 1. The number of amides is 1. The minimum atomic E-state index is 0.156. The number of piperidine rings is 1. The molecule has 0 unspecified atom stereocenters. The summed E-state index contributed by atoms with van der Waals surface area (Å²) in [5.74, 6) is 1.32. The van der Waals surface area contributed by atoms with Gasteiger partial charge in [-0.3, -0.25) is 4.79 Å². The predicted molar refractivity (Wildman–Crippen MR) is 162 cm³/mol. The monoisotopic (exact) mass is 540 g/mol. The highest BCUT2D eigenvalue weighted by molar-refractivity contribution is 5.92. The molecule has 2 fully saturated rings. The van der Waals surface area contributed by atoms with Gasteiger partial charge >= 0.3 is 0 Å². The van der Waals surface area contributed by atoms with Crippen LogP contribution in [-0.4, -0.2) is 55.6 Å². The van der Waals surface area contributed by atoms with Crippen LogP contribution < -0.4 is 5.32 Å². The zero-order valence-corrected chi connectivity index (χ0v) is 24.7. The molecule has 4 aromatic rings. The number of hydrogen-bond donors (Lipinski definition) is 2. The van der Waals surface area contributed by atoms with Crippen LogP contribution in [0, 0.1) is 12.8 Å². The van der Waals surface area contributed by atoms with Crippen LogP contribution in [0.2, 0.25) is 0 Å². The second kappa shape index (κ2) is 11.0. The number of aryl methyl sites for hydroxylation is 1. The number of carbonyl (C=O) groups excluding carboxylic acids is 1. The highest BCUT2D eigenvalue weighted by atomic mass is 16.1. The first kappa shape index (κ1) is 27.0. The molecule has 3 aromatic heterocycles. The Labute approximate surface area is 237 Å². The molecule has 2 aliphatic rings. The van der Waals surface area contributed by atoms with Gasteiger partial charge in [0.05, 0.1) is 5.69 Å². The van der Waals surface area contributed by atoms with E-state index < -0.39 is 0 Å². The van der Waals surface area contributed by atoms with E-state index in [4.69, 9.17) is 0 Å². The molecule has 1 aliphatic carbocycles. The van der Waals surface area contributed by atoms with Gasteiger partial charge in [-0.05, 0) is 106 Å². The number of aromatic amines is 1. The van der Waals surface area contributed by atoms with E-state index in [2.05, 4.69) is 90.4 Å². The smallest absolute Gasteiger partial charge is 0.223 e. The molecule has 1 aliphatic heterocycles. The van der Waals surface area contributed by atoms with E-state index >= 15 is 0 Å². The van der Waals surface area contributed by atoms with Crippen molar-refractivity contribution in [2.24, 2.45) is 5.92 Å². The average Bonchev–Trinajstić information content (AvgIpc) is 3.58. The first-order chi connectivity index (χ1) is 19.3. The van der Waals surface area contributed by atoms with Gasteiger partial charge < -0.3 is 15.2 Å². The van der Waals surface area contributed by atoms with Crippen molar-refractivity contribution in [1.29, 1.82) is 0 Å². The van der Waals surface area contributed by atoms with Crippen molar-refractivity contribution >= 4 is 22.5 Å². The largest absolute Gasteiger partial charge is 0.354 e. The lowest BCUT2D eigenvalue weighted by Gasteiger charge is -2.36. The normalized spacial score (nSPS) is 21.2. The summed E-state index contributed by atoms with van der Waals surface area (Å²) in [5, 5.41) is 9.10. The number of aromatic nitrogens is 4. The second-order valence-electron chi connectivity index (χ2n) is 12.8. The number of fused-ring (bicyclic) bond motifs is 2. The van der Waals surface area contributed by atoms with Crippen molar-refractivity contribution in [3.8, 4) is 11.3 Å². The van der Waals surface area contributed by atoms with Crippen molar-refractivity contribution in [3.63, 3.8) is 0 Å². The highest BCUT2D eigenvalue weighted by Crippen LogP contribution is 2.40. The molecule has 0 spiro atoms. The van der Waals surface area contributed by atoms with Crippen molar-refractivity contribution in [2.75, 3.05) is 13.1 Å². The molecule has 40 heavy (non-hydrogen) atoms. The molecule has 212 valence electrons. The first-order valence-corrected chi connectivity index (χ1v) is 15.3. The lowest BCUT2D eigenvalue weighted by molar-refractivity contribution is -0.127. The van der Waals surface area contributed by atoms with Crippen molar-refractivity contribution in [1.82, 2.24) is 29.8 Å². The highest BCUT2D eigenvalue weighted by Gasteiger charge is 2.30. The summed E-state index contributed by atoms with van der Waals surface area (Å²) in [6.45, 7) is 13.3. The summed E-state index contributed by atoms with van der Waals surface area (Å²) in [6.07, 6.45) is 9.94. The quantitative estimate of drug-likeness (QED) is 0.290. The molecule has 2 N–H and O–H groups in total. The average molecular weight is 541 g/mol. The number of nitrogens with one attached hydrogen (secondary N) is 2. The van der Waals surface area contributed by atoms with Crippen molar-refractivity contribution in [2.45, 2.75) is 97.1 Å². The van der Waals surface area contributed by atoms with Crippen LogP contribution in [0.3, 0.4) is 0 Å². The van der Waals surface area contributed by atoms with Gasteiger partial charge in [0.25, 0.3) is 0 Å². The van der Waals surface area contributed by atoms with Crippen LogP contribution in [0.15, 0.2) is 36.8 Å². The summed E-state index contributed by atoms with van der Waals surface area (Å²) in [7, 11) is 0.